The summed E-state index contributed by atoms with van der Waals surface area (Å²) in [4.78, 5) is 13.8. The van der Waals surface area contributed by atoms with Crippen LogP contribution in [0.5, 0.6) is 0 Å². The van der Waals surface area contributed by atoms with E-state index in [1.807, 2.05) is 25.8 Å². The number of piperidine rings is 1. The molecule has 0 aromatic carbocycles. The number of halogens is 1. The minimum Gasteiger partial charge on any atom is -0.369 e. The van der Waals surface area contributed by atoms with Gasteiger partial charge in [-0.05, 0) is 39.8 Å². The average molecular weight is 251 g/mol. The quantitative estimate of drug-likeness (QED) is 0.811. The van der Waals surface area contributed by atoms with Gasteiger partial charge >= 0.3 is 0 Å². The van der Waals surface area contributed by atoms with Gasteiger partial charge in [0.05, 0.1) is 0 Å². The molecule has 1 unspecified atom stereocenters. The van der Waals surface area contributed by atoms with E-state index < -0.39 is 0 Å². The third-order valence-electron chi connectivity index (χ3n) is 2.97. The third-order valence-corrected chi connectivity index (χ3v) is 2.97. The summed E-state index contributed by atoms with van der Waals surface area (Å²) in [6, 6.07) is 0.377. The summed E-state index contributed by atoms with van der Waals surface area (Å²) >= 11 is 0. The third kappa shape index (κ3) is 4.28. The van der Waals surface area contributed by atoms with E-state index in [9.17, 15) is 4.79 Å². The van der Waals surface area contributed by atoms with Gasteiger partial charge in [-0.15, -0.1) is 12.4 Å². The van der Waals surface area contributed by atoms with E-state index in [-0.39, 0.29) is 24.4 Å². The zero-order valence-corrected chi connectivity index (χ0v) is 11.2. The number of rotatable bonds is 4. The van der Waals surface area contributed by atoms with Gasteiger partial charge in [0.25, 0.3) is 5.91 Å². The number of nitrogens with zero attached hydrogens (tertiary/aromatic N) is 1. The largest absolute Gasteiger partial charge is 0.369 e. The summed E-state index contributed by atoms with van der Waals surface area (Å²) in [6.45, 7) is 6.33. The number of hydrogen-bond donors (Lipinski definition) is 1. The molecule has 0 aromatic heterocycles. The minimum atomic E-state index is -0.310. The maximum absolute atomic E-state index is 11.9. The van der Waals surface area contributed by atoms with Gasteiger partial charge < -0.3 is 15.0 Å². The second kappa shape index (κ2) is 7.87. The Morgan fingerprint density at radius 1 is 1.50 bits per heavy atom. The summed E-state index contributed by atoms with van der Waals surface area (Å²) in [7, 11) is 1.88. The lowest BCUT2D eigenvalue weighted by Gasteiger charge is -2.33. The van der Waals surface area contributed by atoms with Crippen molar-refractivity contribution < 1.29 is 9.53 Å². The van der Waals surface area contributed by atoms with Gasteiger partial charge in [0.1, 0.15) is 6.10 Å². The van der Waals surface area contributed by atoms with Gasteiger partial charge in [0.2, 0.25) is 0 Å². The highest BCUT2D eigenvalue weighted by Gasteiger charge is 2.25. The van der Waals surface area contributed by atoms with Crippen LogP contribution in [0.25, 0.3) is 0 Å². The van der Waals surface area contributed by atoms with Gasteiger partial charge in [-0.25, -0.2) is 0 Å². The van der Waals surface area contributed by atoms with Gasteiger partial charge in [-0.1, -0.05) is 0 Å². The van der Waals surface area contributed by atoms with Crippen molar-refractivity contribution in [1.82, 2.24) is 10.2 Å². The molecular formula is C11H23ClN2O2. The molecule has 0 aromatic rings. The Bertz CT molecular complexity index is 208. The molecule has 0 bridgehead atoms. The molecule has 0 aliphatic carbocycles. The van der Waals surface area contributed by atoms with E-state index in [0.717, 1.165) is 25.9 Å². The Labute approximate surface area is 104 Å². The number of carbonyl (C=O) groups is 1. The van der Waals surface area contributed by atoms with Crippen LogP contribution in [0.2, 0.25) is 0 Å². The van der Waals surface area contributed by atoms with E-state index in [4.69, 9.17) is 4.74 Å². The lowest BCUT2D eigenvalue weighted by atomic mass is 10.0. The van der Waals surface area contributed by atoms with Crippen molar-refractivity contribution in [2.24, 2.45) is 0 Å². The number of carbonyl (C=O) groups excluding carboxylic acids is 1. The summed E-state index contributed by atoms with van der Waals surface area (Å²) in [5.74, 6) is 0.101. The zero-order chi connectivity index (χ0) is 11.3. The molecule has 1 heterocycles. The van der Waals surface area contributed by atoms with Crippen LogP contribution in [-0.2, 0) is 9.53 Å². The number of nitrogens with one attached hydrogen (secondary N) is 1. The highest BCUT2D eigenvalue weighted by Crippen LogP contribution is 2.11. The SMILES string of the molecule is CCOC(C)C(=O)N(C)C1CCNCC1.Cl. The van der Waals surface area contributed by atoms with Crippen molar-refractivity contribution in [2.75, 3.05) is 26.7 Å². The average Bonchev–Trinajstić information content (AvgIpc) is 2.28. The number of amides is 1. The summed E-state index contributed by atoms with van der Waals surface area (Å²) in [5, 5.41) is 3.29. The number of likely N-dealkylation sites (N-methyl/N-ethyl adjacent to an activating group) is 1. The maximum Gasteiger partial charge on any atom is 0.251 e. The first kappa shape index (κ1) is 15.7. The molecule has 0 saturated carbocycles. The molecule has 1 atom stereocenters. The van der Waals surface area contributed by atoms with Crippen LogP contribution in [0.3, 0.4) is 0 Å². The van der Waals surface area contributed by atoms with Crippen LogP contribution in [0, 0.1) is 0 Å². The molecule has 1 rings (SSSR count). The van der Waals surface area contributed by atoms with Crippen LogP contribution in [0.15, 0.2) is 0 Å². The van der Waals surface area contributed by atoms with Crippen molar-refractivity contribution in [3.63, 3.8) is 0 Å². The zero-order valence-electron chi connectivity index (χ0n) is 10.4. The van der Waals surface area contributed by atoms with Crippen molar-refractivity contribution >= 4 is 18.3 Å². The first-order valence-corrected chi connectivity index (χ1v) is 5.75. The van der Waals surface area contributed by atoms with Gasteiger partial charge in [0, 0.05) is 19.7 Å². The predicted molar refractivity (Wildman–Crippen MR) is 67.0 cm³/mol. The topological polar surface area (TPSA) is 41.6 Å². The minimum absolute atomic E-state index is 0. The van der Waals surface area contributed by atoms with Crippen molar-refractivity contribution in [3.8, 4) is 0 Å². The van der Waals surface area contributed by atoms with Crippen LogP contribution in [-0.4, -0.2) is 49.7 Å². The summed E-state index contributed by atoms with van der Waals surface area (Å²) in [5.41, 5.74) is 0. The van der Waals surface area contributed by atoms with E-state index in [2.05, 4.69) is 5.32 Å². The fourth-order valence-corrected chi connectivity index (χ4v) is 1.98. The molecule has 1 aliphatic heterocycles. The molecule has 0 radical (unpaired) electrons. The van der Waals surface area contributed by atoms with Gasteiger partial charge in [0.15, 0.2) is 0 Å². The van der Waals surface area contributed by atoms with Gasteiger partial charge in [-0.3, -0.25) is 4.79 Å². The van der Waals surface area contributed by atoms with E-state index in [0.29, 0.717) is 12.6 Å². The monoisotopic (exact) mass is 250 g/mol. The lowest BCUT2D eigenvalue weighted by Crippen LogP contribution is -2.47. The number of ether oxygens (including phenoxy) is 1. The van der Waals surface area contributed by atoms with E-state index >= 15 is 0 Å². The number of hydrogen-bond acceptors (Lipinski definition) is 3. The van der Waals surface area contributed by atoms with Crippen LogP contribution >= 0.6 is 12.4 Å². The maximum atomic E-state index is 11.9. The van der Waals surface area contributed by atoms with Crippen molar-refractivity contribution in [2.45, 2.75) is 38.8 Å². The standard InChI is InChI=1S/C11H22N2O2.ClH/c1-4-15-9(2)11(14)13(3)10-5-7-12-8-6-10;/h9-10,12H,4-8H2,1-3H3;1H. The molecule has 1 saturated heterocycles. The van der Waals surface area contributed by atoms with Crippen molar-refractivity contribution in [3.05, 3.63) is 0 Å². The Balaban J connectivity index is 0.00000225. The molecule has 1 fully saturated rings. The fraction of sp³-hybridized carbons (Fsp3) is 0.909. The Morgan fingerprint density at radius 3 is 2.56 bits per heavy atom. The smallest absolute Gasteiger partial charge is 0.251 e. The van der Waals surface area contributed by atoms with Crippen LogP contribution in [0.1, 0.15) is 26.7 Å². The molecule has 5 heteroatoms. The first-order valence-electron chi connectivity index (χ1n) is 5.75. The molecule has 1 aliphatic rings. The Kier molecular flexibility index (Phi) is 7.72. The van der Waals surface area contributed by atoms with Crippen LogP contribution < -0.4 is 5.32 Å². The molecule has 16 heavy (non-hydrogen) atoms. The molecule has 1 amide bonds. The fourth-order valence-electron chi connectivity index (χ4n) is 1.98. The predicted octanol–water partition coefficient (Wildman–Crippen LogP) is 1.04. The lowest BCUT2D eigenvalue weighted by molar-refractivity contribution is -0.143. The van der Waals surface area contributed by atoms with Crippen molar-refractivity contribution in [1.29, 1.82) is 0 Å². The second-order valence-corrected chi connectivity index (χ2v) is 4.03. The second-order valence-electron chi connectivity index (χ2n) is 4.03. The Morgan fingerprint density at radius 2 is 2.06 bits per heavy atom. The van der Waals surface area contributed by atoms with Crippen LogP contribution in [0.4, 0.5) is 0 Å². The molecular weight excluding hydrogens is 228 g/mol. The van der Waals surface area contributed by atoms with E-state index in [1.54, 1.807) is 0 Å². The normalized spacial score (nSPS) is 18.7. The Hall–Kier alpha value is -0.320. The molecule has 96 valence electrons. The highest BCUT2D eigenvalue weighted by molar-refractivity contribution is 5.85. The molecule has 1 N–H and O–H groups in total. The van der Waals surface area contributed by atoms with E-state index in [1.165, 1.54) is 0 Å². The summed E-state index contributed by atoms with van der Waals surface area (Å²) < 4.78 is 5.31. The molecule has 0 spiro atoms. The molecule has 4 nitrogen and oxygen atoms in total. The first-order chi connectivity index (χ1) is 7.16. The van der Waals surface area contributed by atoms with Gasteiger partial charge in [-0.2, -0.15) is 0 Å². The highest BCUT2D eigenvalue weighted by atomic mass is 35.5. The summed E-state index contributed by atoms with van der Waals surface area (Å²) in [6.07, 6.45) is 1.78.